The fourth-order valence-corrected chi connectivity index (χ4v) is 5.31. The predicted octanol–water partition coefficient (Wildman–Crippen LogP) is 4.67. The highest BCUT2D eigenvalue weighted by Gasteiger charge is 2.56. The van der Waals surface area contributed by atoms with E-state index in [1.165, 1.54) is 37.4 Å². The molecule has 2 aromatic heterocycles. The topological polar surface area (TPSA) is 83.3 Å². The van der Waals surface area contributed by atoms with Gasteiger partial charge in [0.1, 0.15) is 24.6 Å². The van der Waals surface area contributed by atoms with Gasteiger partial charge >= 0.3 is 6.18 Å². The largest absolute Gasteiger partial charge is 0.417 e. The van der Waals surface area contributed by atoms with E-state index in [-0.39, 0.29) is 5.56 Å². The van der Waals surface area contributed by atoms with E-state index in [4.69, 9.17) is 14.2 Å². The molecule has 0 spiro atoms. The minimum absolute atomic E-state index is 0.125. The number of fused-ring (bicyclic) bond motifs is 2. The number of nitrogens with one attached hydrogen (secondary N) is 1. The van der Waals surface area contributed by atoms with Gasteiger partial charge in [0.05, 0.1) is 11.9 Å². The third-order valence-corrected chi connectivity index (χ3v) is 6.94. The molecule has 0 radical (unpaired) electrons. The fraction of sp³-hybridized carbons (Fsp3) is 0.500. The van der Waals surface area contributed by atoms with Gasteiger partial charge in [-0.1, -0.05) is 36.8 Å². The molecule has 2 saturated heterocycles. The maximum atomic E-state index is 13.5. The Hall–Kier alpha value is -3.20. The van der Waals surface area contributed by atoms with Gasteiger partial charge in [-0.05, 0) is 38.8 Å². The molecule has 1 unspecified atom stereocenters. The van der Waals surface area contributed by atoms with Crippen molar-refractivity contribution in [3.05, 3.63) is 48.0 Å². The Balaban J connectivity index is 1.33. The number of hydrogen-bond acceptors (Lipinski definition) is 7. The van der Waals surface area contributed by atoms with Gasteiger partial charge in [0.15, 0.2) is 29.0 Å². The Morgan fingerprint density at radius 2 is 1.81 bits per heavy atom. The third kappa shape index (κ3) is 4.54. The van der Waals surface area contributed by atoms with E-state index in [0.717, 1.165) is 18.9 Å². The number of halogens is 3. The van der Waals surface area contributed by atoms with Gasteiger partial charge in [-0.15, -0.1) is 0 Å². The molecule has 3 aliphatic rings. The number of anilines is 1. The summed E-state index contributed by atoms with van der Waals surface area (Å²) >= 11 is 0. The van der Waals surface area contributed by atoms with Crippen molar-refractivity contribution in [2.45, 2.75) is 82.1 Å². The Labute approximate surface area is 211 Å². The quantitative estimate of drug-likeness (QED) is 0.510. The van der Waals surface area contributed by atoms with Crippen LogP contribution < -0.4 is 5.32 Å². The minimum Gasteiger partial charge on any atom is -0.365 e. The number of rotatable bonds is 3. The van der Waals surface area contributed by atoms with Crippen molar-refractivity contribution < 1.29 is 27.4 Å². The van der Waals surface area contributed by atoms with Crippen molar-refractivity contribution in [2.75, 3.05) is 5.32 Å². The zero-order valence-corrected chi connectivity index (χ0v) is 20.3. The lowest BCUT2D eigenvalue weighted by molar-refractivity contribution is -0.190. The maximum absolute atomic E-state index is 13.5. The molecule has 1 N–H and O–H groups in total. The van der Waals surface area contributed by atoms with Crippen molar-refractivity contribution in [2.24, 2.45) is 0 Å². The van der Waals surface area contributed by atoms with Gasteiger partial charge in [0.2, 0.25) is 0 Å². The number of aromatic nitrogens is 4. The first-order valence-corrected chi connectivity index (χ1v) is 12.3. The van der Waals surface area contributed by atoms with E-state index in [2.05, 4.69) is 32.1 Å². The number of benzene rings is 1. The SMILES string of the molecule is CC1(C)O[C@@H]2[C@H](O1)C(C#Cc1ccccc1C(F)(F)F)O[C@H]2n1cnc2c(NC3CCCC3)ncnc21. The molecule has 0 amide bonds. The first kappa shape index (κ1) is 24.2. The summed E-state index contributed by atoms with van der Waals surface area (Å²) in [6, 6.07) is 5.56. The van der Waals surface area contributed by atoms with Crippen molar-refractivity contribution >= 4 is 17.0 Å². The normalized spacial score (nSPS) is 27.3. The highest BCUT2D eigenvalue weighted by Crippen LogP contribution is 2.44. The van der Waals surface area contributed by atoms with Crippen LogP contribution in [0.3, 0.4) is 0 Å². The standard InChI is InChI=1S/C26H26F3N5O3/c1-25(2)36-20-18(12-11-15-7-3-6-10-17(15)26(27,28)29)35-24(21(20)37-25)34-14-32-19-22(30-13-31-23(19)34)33-16-8-4-5-9-16/h3,6-7,10,13-14,16,18,20-21,24H,4-5,8-9H2,1-2H3,(H,30,31,33)/t18?,20-,21-,24-/m1/s1. The molecule has 1 aromatic carbocycles. The fourth-order valence-electron chi connectivity index (χ4n) is 5.31. The van der Waals surface area contributed by atoms with Gasteiger partial charge < -0.3 is 19.5 Å². The van der Waals surface area contributed by atoms with Crippen LogP contribution in [-0.2, 0) is 20.4 Å². The van der Waals surface area contributed by atoms with E-state index in [1.54, 1.807) is 24.7 Å². The van der Waals surface area contributed by atoms with Crippen LogP contribution in [0.2, 0.25) is 0 Å². The first-order valence-electron chi connectivity index (χ1n) is 12.3. The molecular formula is C26H26F3N5O3. The lowest BCUT2D eigenvalue weighted by Gasteiger charge is -2.23. The van der Waals surface area contributed by atoms with Crippen molar-refractivity contribution in [3.63, 3.8) is 0 Å². The van der Waals surface area contributed by atoms with E-state index in [9.17, 15) is 13.2 Å². The Morgan fingerprint density at radius 1 is 1.05 bits per heavy atom. The van der Waals surface area contributed by atoms with Crippen LogP contribution in [0.5, 0.6) is 0 Å². The van der Waals surface area contributed by atoms with Gasteiger partial charge in [0.25, 0.3) is 0 Å². The molecule has 4 atom stereocenters. The summed E-state index contributed by atoms with van der Waals surface area (Å²) in [6.45, 7) is 3.56. The second-order valence-corrected chi connectivity index (χ2v) is 10.00. The Kier molecular flexibility index (Phi) is 5.86. The monoisotopic (exact) mass is 513 g/mol. The minimum atomic E-state index is -4.51. The first-order chi connectivity index (χ1) is 17.7. The summed E-state index contributed by atoms with van der Waals surface area (Å²) in [4.78, 5) is 13.4. The molecule has 4 heterocycles. The summed E-state index contributed by atoms with van der Waals surface area (Å²) in [5.41, 5.74) is 0.252. The van der Waals surface area contributed by atoms with E-state index >= 15 is 0 Å². The summed E-state index contributed by atoms with van der Waals surface area (Å²) < 4.78 is 60.6. The Morgan fingerprint density at radius 3 is 2.59 bits per heavy atom. The highest BCUT2D eigenvalue weighted by molar-refractivity contribution is 5.82. The third-order valence-electron chi connectivity index (χ3n) is 6.94. The zero-order valence-electron chi connectivity index (χ0n) is 20.3. The zero-order chi connectivity index (χ0) is 25.8. The van der Waals surface area contributed by atoms with E-state index < -0.39 is 42.1 Å². The molecule has 1 saturated carbocycles. The van der Waals surface area contributed by atoms with Crippen LogP contribution in [0.1, 0.15) is 56.9 Å². The van der Waals surface area contributed by atoms with Gasteiger partial charge in [-0.3, -0.25) is 4.57 Å². The molecule has 11 heteroatoms. The second-order valence-electron chi connectivity index (χ2n) is 10.00. The molecular weight excluding hydrogens is 487 g/mol. The smallest absolute Gasteiger partial charge is 0.365 e. The highest BCUT2D eigenvalue weighted by atomic mass is 19.4. The van der Waals surface area contributed by atoms with Crippen LogP contribution in [0.15, 0.2) is 36.9 Å². The molecule has 0 bridgehead atoms. The second kappa shape index (κ2) is 8.97. The number of nitrogens with zero attached hydrogens (tertiary/aromatic N) is 4. The number of ether oxygens (including phenoxy) is 3. The molecule has 8 nitrogen and oxygen atoms in total. The van der Waals surface area contributed by atoms with Crippen LogP contribution in [-0.4, -0.2) is 49.7 Å². The maximum Gasteiger partial charge on any atom is 0.417 e. The summed E-state index contributed by atoms with van der Waals surface area (Å²) in [5, 5.41) is 3.47. The Bertz CT molecular complexity index is 1370. The van der Waals surface area contributed by atoms with E-state index in [1.807, 2.05) is 0 Å². The molecule has 6 rings (SSSR count). The van der Waals surface area contributed by atoms with Crippen molar-refractivity contribution in [3.8, 4) is 11.8 Å². The average Bonchev–Trinajstić information content (AvgIpc) is 3.62. The van der Waals surface area contributed by atoms with E-state index in [0.29, 0.717) is 23.0 Å². The molecule has 3 aromatic rings. The summed E-state index contributed by atoms with van der Waals surface area (Å²) in [5.74, 6) is 5.27. The van der Waals surface area contributed by atoms with Crippen molar-refractivity contribution in [1.29, 1.82) is 0 Å². The lowest BCUT2D eigenvalue weighted by atomic mass is 10.1. The molecule has 3 fully saturated rings. The van der Waals surface area contributed by atoms with Crippen LogP contribution in [0.25, 0.3) is 11.2 Å². The molecule has 2 aliphatic heterocycles. The van der Waals surface area contributed by atoms with Crippen LogP contribution in [0, 0.1) is 11.8 Å². The number of hydrogen-bond donors (Lipinski definition) is 1. The van der Waals surface area contributed by atoms with Crippen LogP contribution in [0.4, 0.5) is 19.0 Å². The molecule has 194 valence electrons. The predicted molar refractivity (Wildman–Crippen MR) is 127 cm³/mol. The summed E-state index contributed by atoms with van der Waals surface area (Å²) in [7, 11) is 0. The van der Waals surface area contributed by atoms with Gasteiger partial charge in [-0.2, -0.15) is 13.2 Å². The summed E-state index contributed by atoms with van der Waals surface area (Å²) in [6.07, 6.45) is 0.421. The average molecular weight is 514 g/mol. The van der Waals surface area contributed by atoms with Crippen molar-refractivity contribution in [1.82, 2.24) is 19.5 Å². The molecule has 1 aliphatic carbocycles. The molecule has 37 heavy (non-hydrogen) atoms. The van der Waals surface area contributed by atoms with Gasteiger partial charge in [0, 0.05) is 11.6 Å². The number of alkyl halides is 3. The van der Waals surface area contributed by atoms with Gasteiger partial charge in [-0.25, -0.2) is 15.0 Å². The lowest BCUT2D eigenvalue weighted by Crippen LogP contribution is -2.28. The number of imidazole rings is 1. The van der Waals surface area contributed by atoms with Crippen LogP contribution >= 0.6 is 0 Å².